The van der Waals surface area contributed by atoms with Gasteiger partial charge in [-0.05, 0) is 18.2 Å². The monoisotopic (exact) mass is 135 g/mol. The normalized spacial score (nSPS) is 8.90. The van der Waals surface area contributed by atoms with Gasteiger partial charge in [0.15, 0.2) is 0 Å². The number of carbonyl (C=O) groups excluding carboxylic acids is 1. The Morgan fingerprint density at radius 2 is 2.10 bits per heavy atom. The van der Waals surface area contributed by atoms with E-state index < -0.39 is 0 Å². The summed E-state index contributed by atoms with van der Waals surface area (Å²) in [6, 6.07) is 9.47. The highest BCUT2D eigenvalue weighted by Gasteiger charge is 2.00. The van der Waals surface area contributed by atoms with E-state index >= 15 is 0 Å². The molecule has 0 aliphatic carbocycles. The zero-order valence-electron chi connectivity index (χ0n) is 5.63. The first-order valence-corrected chi connectivity index (χ1v) is 2.89. The van der Waals surface area contributed by atoms with E-state index in [2.05, 4.69) is 10.8 Å². The highest BCUT2D eigenvalue weighted by molar-refractivity contribution is 5.89. The summed E-state index contributed by atoms with van der Waals surface area (Å²) < 4.78 is 4.48. The third-order valence-electron chi connectivity index (χ3n) is 1.14. The van der Waals surface area contributed by atoms with Crippen LogP contribution in [0.2, 0.25) is 0 Å². The molecule has 51 valence electrons. The van der Waals surface area contributed by atoms with Gasteiger partial charge in [-0.3, -0.25) is 0 Å². The average molecular weight is 135 g/mol. The van der Waals surface area contributed by atoms with E-state index in [1.807, 2.05) is 0 Å². The van der Waals surface area contributed by atoms with Crippen LogP contribution in [0.1, 0.15) is 10.4 Å². The molecule has 0 amide bonds. The number of carbonyl (C=O) groups is 1. The van der Waals surface area contributed by atoms with Crippen LogP contribution < -0.4 is 0 Å². The van der Waals surface area contributed by atoms with Crippen molar-refractivity contribution in [3.8, 4) is 0 Å². The Hall–Kier alpha value is -1.31. The van der Waals surface area contributed by atoms with Gasteiger partial charge in [-0.15, -0.1) is 0 Å². The molecule has 0 bridgehead atoms. The Bertz CT molecular complexity index is 216. The molecule has 0 aromatic heterocycles. The van der Waals surface area contributed by atoms with Crippen molar-refractivity contribution in [1.29, 1.82) is 0 Å². The molecule has 0 fully saturated rings. The van der Waals surface area contributed by atoms with Gasteiger partial charge in [-0.2, -0.15) is 0 Å². The van der Waals surface area contributed by atoms with Gasteiger partial charge in [-0.1, -0.05) is 12.1 Å². The summed E-state index contributed by atoms with van der Waals surface area (Å²) in [6.45, 7) is 0. The molecule has 0 atom stereocenters. The largest absolute Gasteiger partial charge is 0.465 e. The quantitative estimate of drug-likeness (QED) is 0.542. The lowest BCUT2D eigenvalue weighted by atomic mass is 10.2. The van der Waals surface area contributed by atoms with Gasteiger partial charge in [0.2, 0.25) is 0 Å². The molecule has 0 aliphatic heterocycles. The molecule has 0 saturated heterocycles. The Balaban J connectivity index is 2.85. The van der Waals surface area contributed by atoms with Crippen LogP contribution in [0.5, 0.6) is 0 Å². The molecule has 1 radical (unpaired) electrons. The second-order valence-electron chi connectivity index (χ2n) is 1.78. The van der Waals surface area contributed by atoms with E-state index in [9.17, 15) is 4.79 Å². The van der Waals surface area contributed by atoms with E-state index in [4.69, 9.17) is 0 Å². The number of methoxy groups -OCH3 is 1. The summed E-state index contributed by atoms with van der Waals surface area (Å²) in [7, 11) is 1.36. The van der Waals surface area contributed by atoms with Crippen LogP contribution in [0.4, 0.5) is 0 Å². The van der Waals surface area contributed by atoms with E-state index in [1.165, 1.54) is 7.11 Å². The van der Waals surface area contributed by atoms with Gasteiger partial charge < -0.3 is 4.74 Å². The number of hydrogen-bond acceptors (Lipinski definition) is 2. The van der Waals surface area contributed by atoms with Crippen LogP contribution in [0.15, 0.2) is 24.3 Å². The van der Waals surface area contributed by atoms with Crippen LogP contribution in [-0.2, 0) is 4.74 Å². The molecule has 0 heterocycles. The maximum absolute atomic E-state index is 10.8. The molecule has 0 unspecified atom stereocenters. The van der Waals surface area contributed by atoms with Crippen LogP contribution in [0.3, 0.4) is 0 Å². The topological polar surface area (TPSA) is 26.3 Å². The average Bonchev–Trinajstić information content (AvgIpc) is 2.05. The number of ether oxygens (including phenoxy) is 1. The van der Waals surface area contributed by atoms with Crippen molar-refractivity contribution in [1.82, 2.24) is 0 Å². The molecule has 0 aliphatic rings. The number of hydrogen-bond donors (Lipinski definition) is 0. The summed E-state index contributed by atoms with van der Waals surface area (Å²) in [6.07, 6.45) is 0. The maximum atomic E-state index is 10.8. The van der Waals surface area contributed by atoms with Crippen molar-refractivity contribution in [2.45, 2.75) is 0 Å². The zero-order chi connectivity index (χ0) is 7.40. The molecule has 2 heteroatoms. The molecule has 2 nitrogen and oxygen atoms in total. The SMILES string of the molecule is COC(=O)c1cc[c]cc1. The molecule has 0 spiro atoms. The van der Waals surface area contributed by atoms with Gasteiger partial charge in [-0.25, -0.2) is 4.79 Å². The molecule has 0 N–H and O–H groups in total. The van der Waals surface area contributed by atoms with E-state index in [-0.39, 0.29) is 5.97 Å². The van der Waals surface area contributed by atoms with Crippen LogP contribution >= 0.6 is 0 Å². The second-order valence-corrected chi connectivity index (χ2v) is 1.78. The molecule has 1 aromatic carbocycles. The lowest BCUT2D eigenvalue weighted by molar-refractivity contribution is 0.0601. The summed E-state index contributed by atoms with van der Waals surface area (Å²) in [4.78, 5) is 10.8. The van der Waals surface area contributed by atoms with Crippen molar-refractivity contribution in [3.63, 3.8) is 0 Å². The predicted octanol–water partition coefficient (Wildman–Crippen LogP) is 1.27. The van der Waals surface area contributed by atoms with Crippen molar-refractivity contribution in [2.75, 3.05) is 7.11 Å². The first-order valence-electron chi connectivity index (χ1n) is 2.89. The van der Waals surface area contributed by atoms with Crippen LogP contribution in [0, 0.1) is 6.07 Å². The first kappa shape index (κ1) is 6.81. The first-order chi connectivity index (χ1) is 4.84. The minimum absolute atomic E-state index is 0.311. The summed E-state index contributed by atoms with van der Waals surface area (Å²) >= 11 is 0. The third kappa shape index (κ3) is 1.35. The Kier molecular flexibility index (Phi) is 2.05. The van der Waals surface area contributed by atoms with Crippen molar-refractivity contribution < 1.29 is 9.53 Å². The molecule has 1 aromatic rings. The van der Waals surface area contributed by atoms with Crippen molar-refractivity contribution >= 4 is 5.97 Å². The fraction of sp³-hybridized carbons (Fsp3) is 0.125. The predicted molar refractivity (Wildman–Crippen MR) is 36.6 cm³/mol. The summed E-state index contributed by atoms with van der Waals surface area (Å²) in [5, 5.41) is 0. The Morgan fingerprint density at radius 1 is 1.50 bits per heavy atom. The fourth-order valence-electron chi connectivity index (χ4n) is 0.641. The Labute approximate surface area is 59.4 Å². The molecular weight excluding hydrogens is 128 g/mol. The van der Waals surface area contributed by atoms with Gasteiger partial charge >= 0.3 is 5.97 Å². The summed E-state index contributed by atoms with van der Waals surface area (Å²) in [5.74, 6) is -0.311. The number of esters is 1. The molecular formula is C8H7O2. The van der Waals surface area contributed by atoms with E-state index in [1.54, 1.807) is 24.3 Å². The lowest BCUT2D eigenvalue weighted by Gasteiger charge is -1.95. The fourth-order valence-corrected chi connectivity index (χ4v) is 0.641. The number of rotatable bonds is 1. The summed E-state index contributed by atoms with van der Waals surface area (Å²) in [5.41, 5.74) is 0.557. The Morgan fingerprint density at radius 3 is 2.60 bits per heavy atom. The van der Waals surface area contributed by atoms with Gasteiger partial charge in [0.1, 0.15) is 0 Å². The smallest absolute Gasteiger partial charge is 0.337 e. The number of benzene rings is 1. The van der Waals surface area contributed by atoms with Crippen LogP contribution in [0.25, 0.3) is 0 Å². The van der Waals surface area contributed by atoms with Gasteiger partial charge in [0.05, 0.1) is 12.7 Å². The van der Waals surface area contributed by atoms with Gasteiger partial charge in [0.25, 0.3) is 0 Å². The lowest BCUT2D eigenvalue weighted by Crippen LogP contribution is -1.99. The van der Waals surface area contributed by atoms with E-state index in [0.717, 1.165) is 0 Å². The highest BCUT2D eigenvalue weighted by atomic mass is 16.5. The van der Waals surface area contributed by atoms with Gasteiger partial charge in [0, 0.05) is 0 Å². The standard InChI is InChI=1S/C8H7O2/c1-10-8(9)7-5-3-2-4-6-7/h3-6H,1H3. The maximum Gasteiger partial charge on any atom is 0.337 e. The van der Waals surface area contributed by atoms with E-state index in [0.29, 0.717) is 5.56 Å². The van der Waals surface area contributed by atoms with Crippen molar-refractivity contribution in [2.24, 2.45) is 0 Å². The minimum Gasteiger partial charge on any atom is -0.465 e. The highest BCUT2D eigenvalue weighted by Crippen LogP contribution is 1.98. The minimum atomic E-state index is -0.311. The molecule has 10 heavy (non-hydrogen) atoms. The van der Waals surface area contributed by atoms with Crippen LogP contribution in [-0.4, -0.2) is 13.1 Å². The molecule has 1 rings (SSSR count). The van der Waals surface area contributed by atoms with Crippen molar-refractivity contribution in [3.05, 3.63) is 35.9 Å². The third-order valence-corrected chi connectivity index (χ3v) is 1.14. The zero-order valence-corrected chi connectivity index (χ0v) is 5.63. The second kappa shape index (κ2) is 3.01. The molecule has 0 saturated carbocycles.